The highest BCUT2D eigenvalue weighted by molar-refractivity contribution is 5.94. The van der Waals surface area contributed by atoms with Gasteiger partial charge in [-0.25, -0.2) is 9.97 Å². The molecule has 0 spiro atoms. The molecule has 0 saturated carbocycles. The van der Waals surface area contributed by atoms with E-state index < -0.39 is 6.04 Å². The number of anilines is 2. The summed E-state index contributed by atoms with van der Waals surface area (Å²) in [7, 11) is 0. The van der Waals surface area contributed by atoms with Gasteiger partial charge >= 0.3 is 0 Å². The van der Waals surface area contributed by atoms with E-state index in [1.54, 1.807) is 18.3 Å². The number of hydrogen-bond donors (Lipinski definition) is 4. The first-order valence-electron chi connectivity index (χ1n) is 7.89. The molecule has 2 heterocycles. The molecule has 0 unspecified atom stereocenters. The van der Waals surface area contributed by atoms with E-state index >= 15 is 0 Å². The van der Waals surface area contributed by atoms with E-state index in [9.17, 15) is 4.79 Å². The van der Waals surface area contributed by atoms with Crippen molar-refractivity contribution in [1.29, 1.82) is 0 Å². The zero-order valence-corrected chi connectivity index (χ0v) is 13.8. The largest absolute Gasteiger partial charge is 0.382 e. The molecule has 0 aliphatic heterocycles. The standard InChI is InChI=1S/C17H18N8O/c18-13(8-12-9-20-10-21-12)17(26)23-15-7-6-14(16(19)22-15)25-24-11-4-2-1-3-5-11/h1-7,9-10,13H,8,18H2,(H,20,21)(H3,19,22,23,26)/b25-24+/t13-/m0/s1. The Morgan fingerprint density at radius 3 is 2.69 bits per heavy atom. The topological polar surface area (TPSA) is 147 Å². The molecule has 9 nitrogen and oxygen atoms in total. The number of nitrogens with two attached hydrogens (primary N) is 2. The zero-order chi connectivity index (χ0) is 18.4. The number of aromatic nitrogens is 3. The van der Waals surface area contributed by atoms with Crippen molar-refractivity contribution >= 4 is 28.9 Å². The van der Waals surface area contributed by atoms with Gasteiger partial charge in [-0.3, -0.25) is 4.79 Å². The number of azo groups is 1. The maximum Gasteiger partial charge on any atom is 0.242 e. The number of H-pyrrole nitrogens is 1. The molecule has 6 N–H and O–H groups in total. The van der Waals surface area contributed by atoms with E-state index in [1.165, 1.54) is 6.33 Å². The predicted molar refractivity (Wildman–Crippen MR) is 98.2 cm³/mol. The second kappa shape index (κ2) is 7.99. The lowest BCUT2D eigenvalue weighted by Gasteiger charge is -2.11. The van der Waals surface area contributed by atoms with Crippen molar-refractivity contribution in [3.05, 3.63) is 60.7 Å². The normalized spacial score (nSPS) is 12.2. The third-order valence-electron chi connectivity index (χ3n) is 3.50. The fraction of sp³-hybridized carbons (Fsp3) is 0.118. The van der Waals surface area contributed by atoms with Crippen LogP contribution < -0.4 is 16.8 Å². The van der Waals surface area contributed by atoms with Gasteiger partial charge in [0.05, 0.1) is 23.8 Å². The van der Waals surface area contributed by atoms with Crippen molar-refractivity contribution in [2.75, 3.05) is 11.1 Å². The minimum absolute atomic E-state index is 0.156. The molecule has 132 valence electrons. The third kappa shape index (κ3) is 4.48. The second-order valence-electron chi connectivity index (χ2n) is 5.50. The van der Waals surface area contributed by atoms with E-state index in [1.807, 2.05) is 30.3 Å². The second-order valence-corrected chi connectivity index (χ2v) is 5.50. The Morgan fingerprint density at radius 1 is 1.19 bits per heavy atom. The van der Waals surface area contributed by atoms with Crippen LogP contribution >= 0.6 is 0 Å². The number of amides is 1. The Labute approximate surface area is 149 Å². The van der Waals surface area contributed by atoms with Gasteiger partial charge in [0.2, 0.25) is 5.91 Å². The first-order valence-corrected chi connectivity index (χ1v) is 7.89. The van der Waals surface area contributed by atoms with Crippen LogP contribution in [0, 0.1) is 0 Å². The maximum atomic E-state index is 12.1. The van der Waals surface area contributed by atoms with Gasteiger partial charge in [0.15, 0.2) is 5.82 Å². The van der Waals surface area contributed by atoms with E-state index in [4.69, 9.17) is 11.5 Å². The lowest BCUT2D eigenvalue weighted by Crippen LogP contribution is -2.37. The summed E-state index contributed by atoms with van der Waals surface area (Å²) in [5.41, 5.74) is 13.6. The highest BCUT2D eigenvalue weighted by Crippen LogP contribution is 2.24. The lowest BCUT2D eigenvalue weighted by atomic mass is 10.1. The summed E-state index contributed by atoms with van der Waals surface area (Å²) < 4.78 is 0. The quantitative estimate of drug-likeness (QED) is 0.503. The molecule has 3 rings (SSSR count). The highest BCUT2D eigenvalue weighted by Gasteiger charge is 2.16. The van der Waals surface area contributed by atoms with Crippen LogP contribution in [0.4, 0.5) is 23.0 Å². The summed E-state index contributed by atoms with van der Waals surface area (Å²) in [5, 5.41) is 10.8. The number of carbonyl (C=O) groups is 1. The number of nitrogens with one attached hydrogen (secondary N) is 2. The maximum absolute atomic E-state index is 12.1. The molecular formula is C17H18N8O. The molecule has 0 saturated heterocycles. The van der Waals surface area contributed by atoms with Gasteiger partial charge in [-0.15, -0.1) is 5.11 Å². The Hall–Kier alpha value is -3.59. The van der Waals surface area contributed by atoms with Gasteiger partial charge in [0.25, 0.3) is 0 Å². The monoisotopic (exact) mass is 350 g/mol. The molecule has 0 radical (unpaired) electrons. The van der Waals surface area contributed by atoms with E-state index in [-0.39, 0.29) is 11.7 Å². The molecule has 0 aliphatic rings. The Morgan fingerprint density at radius 2 is 2.00 bits per heavy atom. The minimum Gasteiger partial charge on any atom is -0.382 e. The van der Waals surface area contributed by atoms with E-state index in [2.05, 4.69) is 30.5 Å². The first-order chi connectivity index (χ1) is 12.6. The van der Waals surface area contributed by atoms with Crippen molar-refractivity contribution in [3.8, 4) is 0 Å². The average Bonchev–Trinajstić information content (AvgIpc) is 3.15. The highest BCUT2D eigenvalue weighted by atomic mass is 16.2. The summed E-state index contributed by atoms with van der Waals surface area (Å²) >= 11 is 0. The van der Waals surface area contributed by atoms with Gasteiger partial charge in [-0.2, -0.15) is 5.11 Å². The summed E-state index contributed by atoms with van der Waals surface area (Å²) in [6, 6.07) is 11.7. The number of carbonyl (C=O) groups excluding carboxylic acids is 1. The Bertz CT molecular complexity index is 892. The summed E-state index contributed by atoms with van der Waals surface area (Å²) in [4.78, 5) is 23.1. The van der Waals surface area contributed by atoms with Gasteiger partial charge < -0.3 is 21.8 Å². The molecule has 0 aliphatic carbocycles. The van der Waals surface area contributed by atoms with Gasteiger partial charge in [0, 0.05) is 12.6 Å². The van der Waals surface area contributed by atoms with Crippen LogP contribution in [0.1, 0.15) is 5.69 Å². The van der Waals surface area contributed by atoms with Crippen molar-refractivity contribution in [2.45, 2.75) is 12.5 Å². The number of nitrogen functional groups attached to an aromatic ring is 1. The van der Waals surface area contributed by atoms with E-state index in [0.29, 0.717) is 29.3 Å². The number of nitrogens with zero attached hydrogens (tertiary/aromatic N) is 4. The van der Waals surface area contributed by atoms with Crippen LogP contribution in [0.2, 0.25) is 0 Å². The smallest absolute Gasteiger partial charge is 0.242 e. The molecule has 1 aromatic carbocycles. The minimum atomic E-state index is -0.751. The molecule has 0 bridgehead atoms. The number of aromatic amines is 1. The number of hydrogen-bond acceptors (Lipinski definition) is 7. The third-order valence-corrected chi connectivity index (χ3v) is 3.50. The average molecular weight is 350 g/mol. The Kier molecular flexibility index (Phi) is 5.30. The molecule has 1 amide bonds. The first kappa shape index (κ1) is 17.2. The molecule has 9 heteroatoms. The Balaban J connectivity index is 1.63. The summed E-state index contributed by atoms with van der Waals surface area (Å²) in [6.45, 7) is 0. The number of imidazole rings is 1. The van der Waals surface area contributed by atoms with Crippen LogP contribution in [0.3, 0.4) is 0 Å². The SMILES string of the molecule is Nc1nc(NC(=O)[C@@H](N)Cc2c[nH]cn2)ccc1/N=N/c1ccccc1. The summed E-state index contributed by atoms with van der Waals surface area (Å²) in [6.07, 6.45) is 3.54. The lowest BCUT2D eigenvalue weighted by molar-refractivity contribution is -0.117. The van der Waals surface area contributed by atoms with Crippen LogP contribution in [0.25, 0.3) is 0 Å². The van der Waals surface area contributed by atoms with Gasteiger partial charge in [-0.1, -0.05) is 18.2 Å². The van der Waals surface area contributed by atoms with Gasteiger partial charge in [0.1, 0.15) is 11.5 Å². The molecule has 3 aromatic rings. The summed E-state index contributed by atoms with van der Waals surface area (Å²) in [5.74, 6) is 0.0746. The number of rotatable bonds is 6. The van der Waals surface area contributed by atoms with E-state index in [0.717, 1.165) is 0 Å². The van der Waals surface area contributed by atoms with Gasteiger partial charge in [-0.05, 0) is 24.3 Å². The van der Waals surface area contributed by atoms with Crippen molar-refractivity contribution in [2.24, 2.45) is 16.0 Å². The fourth-order valence-corrected chi connectivity index (χ4v) is 2.17. The van der Waals surface area contributed by atoms with Crippen LogP contribution in [-0.2, 0) is 11.2 Å². The van der Waals surface area contributed by atoms with Crippen LogP contribution in [0.15, 0.2) is 65.2 Å². The van der Waals surface area contributed by atoms with Crippen molar-refractivity contribution in [3.63, 3.8) is 0 Å². The number of pyridine rings is 1. The van der Waals surface area contributed by atoms with Crippen LogP contribution in [0.5, 0.6) is 0 Å². The molecule has 26 heavy (non-hydrogen) atoms. The fourth-order valence-electron chi connectivity index (χ4n) is 2.17. The van der Waals surface area contributed by atoms with Crippen LogP contribution in [-0.4, -0.2) is 26.9 Å². The van der Waals surface area contributed by atoms with Crippen molar-refractivity contribution in [1.82, 2.24) is 15.0 Å². The predicted octanol–water partition coefficient (Wildman–Crippen LogP) is 2.31. The molecule has 0 fully saturated rings. The molecular weight excluding hydrogens is 332 g/mol. The molecule has 2 aromatic heterocycles. The molecule has 1 atom stereocenters. The van der Waals surface area contributed by atoms with Crippen molar-refractivity contribution < 1.29 is 4.79 Å². The zero-order valence-electron chi connectivity index (χ0n) is 13.8. The number of benzene rings is 1.